The topological polar surface area (TPSA) is 70.7 Å². The number of carbonyl (C=O) groups excluding carboxylic acids is 1. The number of nitrogens with one attached hydrogen (secondary N) is 2. The molecule has 6 heteroatoms. The summed E-state index contributed by atoms with van der Waals surface area (Å²) in [4.78, 5) is 16.1. The number of pyridine rings is 1. The van der Waals surface area contributed by atoms with Crippen molar-refractivity contribution >= 4 is 23.3 Å². The van der Waals surface area contributed by atoms with E-state index in [-0.39, 0.29) is 5.91 Å². The smallest absolute Gasteiger partial charge is 0.257 e. The third-order valence-electron chi connectivity index (χ3n) is 3.04. The fraction of sp³-hybridized carbons (Fsp3) is 0.308. The van der Waals surface area contributed by atoms with Crippen LogP contribution in [0.1, 0.15) is 40.5 Å². The van der Waals surface area contributed by atoms with Crippen LogP contribution in [0.5, 0.6) is 0 Å². The Hall–Kier alpha value is -1.88. The van der Waals surface area contributed by atoms with E-state index in [0.29, 0.717) is 28.1 Å². The third kappa shape index (κ3) is 2.76. The molecule has 2 aromatic heterocycles. The highest BCUT2D eigenvalue weighted by Crippen LogP contribution is 2.39. The number of hydrogen-bond donors (Lipinski definition) is 2. The molecule has 19 heavy (non-hydrogen) atoms. The lowest BCUT2D eigenvalue weighted by Gasteiger charge is -2.03. The molecule has 1 aliphatic carbocycles. The molecule has 3 rings (SSSR count). The zero-order valence-electron chi connectivity index (χ0n) is 10.4. The van der Waals surface area contributed by atoms with E-state index in [2.05, 4.69) is 20.5 Å². The highest BCUT2D eigenvalue weighted by molar-refractivity contribution is 6.29. The van der Waals surface area contributed by atoms with E-state index in [0.717, 1.165) is 5.69 Å². The molecule has 0 aliphatic heterocycles. The second kappa shape index (κ2) is 4.66. The molecule has 2 heterocycles. The first-order valence-electron chi connectivity index (χ1n) is 6.12. The van der Waals surface area contributed by atoms with Crippen LogP contribution in [0, 0.1) is 6.92 Å². The number of rotatable bonds is 3. The van der Waals surface area contributed by atoms with Gasteiger partial charge in [-0.25, -0.2) is 4.98 Å². The summed E-state index contributed by atoms with van der Waals surface area (Å²) in [6.45, 7) is 1.79. The number of carbonyl (C=O) groups is 1. The fourth-order valence-corrected chi connectivity index (χ4v) is 2.20. The van der Waals surface area contributed by atoms with E-state index in [1.165, 1.54) is 12.8 Å². The molecule has 0 spiro atoms. The molecule has 1 saturated carbocycles. The number of amides is 1. The van der Waals surface area contributed by atoms with Gasteiger partial charge in [0.1, 0.15) is 5.15 Å². The Bertz CT molecular complexity index is 613. The van der Waals surface area contributed by atoms with Crippen LogP contribution in [0.15, 0.2) is 18.2 Å². The van der Waals surface area contributed by atoms with Crippen LogP contribution < -0.4 is 5.32 Å². The molecule has 1 fully saturated rings. The van der Waals surface area contributed by atoms with Gasteiger partial charge in [0.2, 0.25) is 0 Å². The molecular formula is C13H13ClN4O. The van der Waals surface area contributed by atoms with Gasteiger partial charge in [0.25, 0.3) is 5.91 Å². The van der Waals surface area contributed by atoms with E-state index in [1.807, 2.05) is 6.07 Å². The predicted octanol–water partition coefficient (Wildman–Crippen LogP) is 2.90. The second-order valence-electron chi connectivity index (χ2n) is 4.76. The summed E-state index contributed by atoms with van der Waals surface area (Å²) < 4.78 is 0. The van der Waals surface area contributed by atoms with Crippen molar-refractivity contribution in [2.75, 3.05) is 5.32 Å². The standard InChI is InChI=1S/C13H13ClN4O/c1-7-4-9(5-11(14)15-7)13(19)16-12-6-10(17-18-12)8-2-3-8/h4-6,8H,2-3H2,1H3,(H2,16,17,18,19). The van der Waals surface area contributed by atoms with Crippen LogP contribution in [0.4, 0.5) is 5.82 Å². The van der Waals surface area contributed by atoms with Gasteiger partial charge in [-0.2, -0.15) is 5.10 Å². The van der Waals surface area contributed by atoms with E-state index in [9.17, 15) is 4.79 Å². The van der Waals surface area contributed by atoms with E-state index in [4.69, 9.17) is 11.6 Å². The summed E-state index contributed by atoms with van der Waals surface area (Å²) >= 11 is 5.84. The maximum absolute atomic E-state index is 12.1. The lowest BCUT2D eigenvalue weighted by atomic mass is 10.2. The van der Waals surface area contributed by atoms with Crippen molar-refractivity contribution in [3.05, 3.63) is 40.3 Å². The van der Waals surface area contributed by atoms with Crippen molar-refractivity contribution in [1.29, 1.82) is 0 Å². The van der Waals surface area contributed by atoms with Crippen LogP contribution >= 0.6 is 11.6 Å². The molecule has 0 saturated heterocycles. The summed E-state index contributed by atoms with van der Waals surface area (Å²) in [5, 5.41) is 10.1. The Labute approximate surface area is 115 Å². The number of aromatic nitrogens is 3. The van der Waals surface area contributed by atoms with E-state index in [1.54, 1.807) is 19.1 Å². The van der Waals surface area contributed by atoms with Gasteiger partial charge >= 0.3 is 0 Å². The molecule has 0 atom stereocenters. The SMILES string of the molecule is Cc1cc(C(=O)Nc2cc(C3CC3)[nH]n2)cc(Cl)n1. The van der Waals surface area contributed by atoms with Gasteiger partial charge in [-0.15, -0.1) is 0 Å². The molecule has 1 aliphatic rings. The quantitative estimate of drug-likeness (QED) is 0.847. The largest absolute Gasteiger partial charge is 0.305 e. The van der Waals surface area contributed by atoms with Crippen molar-refractivity contribution in [1.82, 2.24) is 15.2 Å². The first kappa shape index (κ1) is 12.2. The zero-order chi connectivity index (χ0) is 13.4. The Kier molecular flexibility index (Phi) is 2.98. The minimum atomic E-state index is -0.235. The Morgan fingerprint density at radius 1 is 1.42 bits per heavy atom. The van der Waals surface area contributed by atoms with Crippen LogP contribution in [0.2, 0.25) is 5.15 Å². The summed E-state index contributed by atoms with van der Waals surface area (Å²) in [7, 11) is 0. The van der Waals surface area contributed by atoms with Gasteiger partial charge in [0.05, 0.1) is 0 Å². The number of hydrogen-bond acceptors (Lipinski definition) is 3. The number of nitrogens with zero attached hydrogens (tertiary/aromatic N) is 2. The lowest BCUT2D eigenvalue weighted by molar-refractivity contribution is 0.102. The Morgan fingerprint density at radius 3 is 2.89 bits per heavy atom. The first-order valence-corrected chi connectivity index (χ1v) is 6.50. The number of halogens is 1. The first-order chi connectivity index (χ1) is 9.11. The molecule has 2 aromatic rings. The molecule has 0 aromatic carbocycles. The second-order valence-corrected chi connectivity index (χ2v) is 5.14. The van der Waals surface area contributed by atoms with Gasteiger partial charge in [-0.05, 0) is 31.9 Å². The summed E-state index contributed by atoms with van der Waals surface area (Å²) in [6.07, 6.45) is 2.38. The molecule has 0 bridgehead atoms. The van der Waals surface area contributed by atoms with Crippen molar-refractivity contribution < 1.29 is 4.79 Å². The summed E-state index contributed by atoms with van der Waals surface area (Å²) in [5.74, 6) is 0.884. The number of aromatic amines is 1. The number of aryl methyl sites for hydroxylation is 1. The third-order valence-corrected chi connectivity index (χ3v) is 3.23. The van der Waals surface area contributed by atoms with Crippen LogP contribution in [0.3, 0.4) is 0 Å². The van der Waals surface area contributed by atoms with Crippen molar-refractivity contribution in [3.63, 3.8) is 0 Å². The average Bonchev–Trinajstić information content (AvgIpc) is 3.09. The summed E-state index contributed by atoms with van der Waals surface area (Å²) in [6, 6.07) is 5.11. The van der Waals surface area contributed by atoms with Crippen LogP contribution in [-0.4, -0.2) is 21.1 Å². The van der Waals surface area contributed by atoms with Gasteiger partial charge in [-0.3, -0.25) is 9.89 Å². The Balaban J connectivity index is 1.75. The number of H-pyrrole nitrogens is 1. The minimum absolute atomic E-state index is 0.235. The fourth-order valence-electron chi connectivity index (χ4n) is 1.95. The average molecular weight is 277 g/mol. The maximum Gasteiger partial charge on any atom is 0.257 e. The van der Waals surface area contributed by atoms with Gasteiger partial charge in [-0.1, -0.05) is 11.6 Å². The zero-order valence-corrected chi connectivity index (χ0v) is 11.2. The minimum Gasteiger partial charge on any atom is -0.305 e. The molecule has 1 amide bonds. The summed E-state index contributed by atoms with van der Waals surface area (Å²) in [5.41, 5.74) is 2.27. The normalized spacial score (nSPS) is 14.4. The highest BCUT2D eigenvalue weighted by Gasteiger charge is 2.25. The van der Waals surface area contributed by atoms with Gasteiger partial charge in [0, 0.05) is 28.9 Å². The van der Waals surface area contributed by atoms with Crippen molar-refractivity contribution in [2.24, 2.45) is 0 Å². The molecule has 0 radical (unpaired) electrons. The van der Waals surface area contributed by atoms with E-state index >= 15 is 0 Å². The van der Waals surface area contributed by atoms with Gasteiger partial charge in [0.15, 0.2) is 5.82 Å². The maximum atomic E-state index is 12.1. The molecular weight excluding hydrogens is 264 g/mol. The van der Waals surface area contributed by atoms with E-state index < -0.39 is 0 Å². The highest BCUT2D eigenvalue weighted by atomic mass is 35.5. The molecule has 5 nitrogen and oxygen atoms in total. The number of anilines is 1. The van der Waals surface area contributed by atoms with Gasteiger partial charge < -0.3 is 5.32 Å². The predicted molar refractivity (Wildman–Crippen MR) is 72.5 cm³/mol. The lowest BCUT2D eigenvalue weighted by Crippen LogP contribution is -2.12. The van der Waals surface area contributed by atoms with Crippen molar-refractivity contribution in [2.45, 2.75) is 25.7 Å². The Morgan fingerprint density at radius 2 is 2.21 bits per heavy atom. The monoisotopic (exact) mass is 276 g/mol. The van der Waals surface area contributed by atoms with Crippen LogP contribution in [0.25, 0.3) is 0 Å². The molecule has 0 unspecified atom stereocenters. The van der Waals surface area contributed by atoms with Crippen molar-refractivity contribution in [3.8, 4) is 0 Å². The molecule has 98 valence electrons. The van der Waals surface area contributed by atoms with Crippen LogP contribution in [-0.2, 0) is 0 Å². The molecule has 2 N–H and O–H groups in total.